The van der Waals surface area contributed by atoms with Crippen LogP contribution in [0.1, 0.15) is 52.9 Å². The summed E-state index contributed by atoms with van der Waals surface area (Å²) in [5, 5.41) is 3.52. The van der Waals surface area contributed by atoms with Crippen molar-refractivity contribution in [3.8, 4) is 0 Å². The highest BCUT2D eigenvalue weighted by molar-refractivity contribution is 5.78. The molecule has 2 rings (SSSR count). The van der Waals surface area contributed by atoms with Gasteiger partial charge in [-0.15, -0.1) is 0 Å². The Balaban J connectivity index is 1.71. The maximum absolute atomic E-state index is 12.0. The SMILES string of the molecule is CC(C)(C)C1CC(=O)N(CCCC2CCCN2)C1. The van der Waals surface area contributed by atoms with E-state index in [1.165, 1.54) is 25.8 Å². The van der Waals surface area contributed by atoms with Gasteiger partial charge in [-0.05, 0) is 43.6 Å². The van der Waals surface area contributed by atoms with E-state index in [0.717, 1.165) is 25.9 Å². The minimum Gasteiger partial charge on any atom is -0.342 e. The van der Waals surface area contributed by atoms with E-state index in [9.17, 15) is 4.79 Å². The van der Waals surface area contributed by atoms with Gasteiger partial charge in [0, 0.05) is 25.6 Å². The van der Waals surface area contributed by atoms with E-state index >= 15 is 0 Å². The zero-order chi connectivity index (χ0) is 13.2. The molecular formula is C15H28N2O. The lowest BCUT2D eigenvalue weighted by Gasteiger charge is -2.26. The summed E-state index contributed by atoms with van der Waals surface area (Å²) in [6.07, 6.45) is 5.77. The minimum atomic E-state index is 0.261. The Morgan fingerprint density at radius 1 is 1.39 bits per heavy atom. The summed E-state index contributed by atoms with van der Waals surface area (Å²) in [6, 6.07) is 0.709. The maximum atomic E-state index is 12.0. The molecule has 2 aliphatic rings. The number of hydrogen-bond donors (Lipinski definition) is 1. The molecule has 0 aromatic carbocycles. The molecule has 2 aliphatic heterocycles. The lowest BCUT2D eigenvalue weighted by molar-refractivity contribution is -0.127. The Kier molecular flexibility index (Phi) is 4.31. The number of likely N-dealkylation sites (tertiary alicyclic amines) is 1. The fraction of sp³-hybridized carbons (Fsp3) is 0.933. The van der Waals surface area contributed by atoms with E-state index < -0.39 is 0 Å². The molecule has 0 spiro atoms. The van der Waals surface area contributed by atoms with Crippen LogP contribution in [0.4, 0.5) is 0 Å². The number of carbonyl (C=O) groups excluding carboxylic acids is 1. The third-order valence-electron chi connectivity index (χ3n) is 4.58. The smallest absolute Gasteiger partial charge is 0.222 e. The molecule has 0 aromatic heterocycles. The summed E-state index contributed by atoms with van der Waals surface area (Å²) in [7, 11) is 0. The highest BCUT2D eigenvalue weighted by atomic mass is 16.2. The van der Waals surface area contributed by atoms with Gasteiger partial charge in [0.05, 0.1) is 0 Å². The second-order valence-electron chi connectivity index (χ2n) is 7.04. The van der Waals surface area contributed by atoms with Crippen molar-refractivity contribution >= 4 is 5.91 Å². The van der Waals surface area contributed by atoms with Gasteiger partial charge in [-0.3, -0.25) is 4.79 Å². The molecule has 2 saturated heterocycles. The standard InChI is InChI=1S/C15H28N2O/c1-15(2,3)12-10-14(18)17(11-12)9-5-7-13-6-4-8-16-13/h12-13,16H,4-11H2,1-3H3. The number of hydrogen-bond acceptors (Lipinski definition) is 2. The third kappa shape index (κ3) is 3.47. The van der Waals surface area contributed by atoms with Crippen LogP contribution in [0, 0.1) is 11.3 Å². The summed E-state index contributed by atoms with van der Waals surface area (Å²) in [5.41, 5.74) is 0.261. The lowest BCUT2D eigenvalue weighted by Crippen LogP contribution is -2.30. The molecule has 0 saturated carbocycles. The van der Waals surface area contributed by atoms with Crippen molar-refractivity contribution in [2.24, 2.45) is 11.3 Å². The van der Waals surface area contributed by atoms with Crippen LogP contribution in [-0.4, -0.2) is 36.5 Å². The van der Waals surface area contributed by atoms with Crippen LogP contribution in [0.2, 0.25) is 0 Å². The average molecular weight is 252 g/mol. The van der Waals surface area contributed by atoms with E-state index in [2.05, 4.69) is 31.0 Å². The van der Waals surface area contributed by atoms with Gasteiger partial charge in [-0.2, -0.15) is 0 Å². The summed E-state index contributed by atoms with van der Waals surface area (Å²) in [5.74, 6) is 0.906. The second-order valence-corrected chi connectivity index (χ2v) is 7.04. The van der Waals surface area contributed by atoms with Gasteiger partial charge < -0.3 is 10.2 Å². The zero-order valence-corrected chi connectivity index (χ0v) is 12.2. The molecule has 18 heavy (non-hydrogen) atoms. The van der Waals surface area contributed by atoms with Gasteiger partial charge in [0.2, 0.25) is 5.91 Å². The average Bonchev–Trinajstić information content (AvgIpc) is 2.88. The van der Waals surface area contributed by atoms with E-state index in [0.29, 0.717) is 17.9 Å². The Morgan fingerprint density at radius 3 is 2.72 bits per heavy atom. The van der Waals surface area contributed by atoms with Crippen molar-refractivity contribution in [3.63, 3.8) is 0 Å². The van der Waals surface area contributed by atoms with Crippen molar-refractivity contribution < 1.29 is 4.79 Å². The van der Waals surface area contributed by atoms with Crippen LogP contribution >= 0.6 is 0 Å². The molecule has 2 fully saturated rings. The Bertz CT molecular complexity index is 289. The van der Waals surface area contributed by atoms with Crippen LogP contribution in [0.5, 0.6) is 0 Å². The van der Waals surface area contributed by atoms with E-state index in [1.807, 2.05) is 0 Å². The number of rotatable bonds is 4. The summed E-state index contributed by atoms with van der Waals surface area (Å²) in [4.78, 5) is 14.1. The summed E-state index contributed by atoms with van der Waals surface area (Å²) < 4.78 is 0. The predicted octanol–water partition coefficient (Wildman–Crippen LogP) is 2.41. The number of nitrogens with one attached hydrogen (secondary N) is 1. The first-order valence-electron chi connectivity index (χ1n) is 7.48. The lowest BCUT2D eigenvalue weighted by atomic mass is 9.80. The second kappa shape index (κ2) is 5.60. The molecule has 104 valence electrons. The first-order chi connectivity index (χ1) is 8.47. The molecule has 2 unspecified atom stereocenters. The molecule has 0 bridgehead atoms. The van der Waals surface area contributed by atoms with Crippen molar-refractivity contribution in [2.75, 3.05) is 19.6 Å². The first-order valence-corrected chi connectivity index (χ1v) is 7.48. The fourth-order valence-electron chi connectivity index (χ4n) is 3.10. The van der Waals surface area contributed by atoms with E-state index in [-0.39, 0.29) is 5.41 Å². The highest BCUT2D eigenvalue weighted by Crippen LogP contribution is 2.34. The molecule has 3 nitrogen and oxygen atoms in total. The molecule has 2 atom stereocenters. The quantitative estimate of drug-likeness (QED) is 0.833. The molecule has 0 radical (unpaired) electrons. The van der Waals surface area contributed by atoms with Gasteiger partial charge in [0.15, 0.2) is 0 Å². The molecule has 0 aliphatic carbocycles. The first kappa shape index (κ1) is 13.9. The fourth-order valence-corrected chi connectivity index (χ4v) is 3.10. The van der Waals surface area contributed by atoms with E-state index in [1.54, 1.807) is 0 Å². The topological polar surface area (TPSA) is 32.3 Å². The third-order valence-corrected chi connectivity index (χ3v) is 4.58. The molecule has 1 amide bonds. The van der Waals surface area contributed by atoms with Crippen LogP contribution in [-0.2, 0) is 4.79 Å². The Labute approximate surface area is 111 Å². The van der Waals surface area contributed by atoms with Gasteiger partial charge in [0.1, 0.15) is 0 Å². The van der Waals surface area contributed by atoms with Crippen LogP contribution in [0.25, 0.3) is 0 Å². The molecule has 2 heterocycles. The van der Waals surface area contributed by atoms with Crippen LogP contribution < -0.4 is 5.32 Å². The van der Waals surface area contributed by atoms with Gasteiger partial charge in [-0.1, -0.05) is 20.8 Å². The van der Waals surface area contributed by atoms with Gasteiger partial charge >= 0.3 is 0 Å². The van der Waals surface area contributed by atoms with Crippen molar-refractivity contribution in [3.05, 3.63) is 0 Å². The van der Waals surface area contributed by atoms with Crippen molar-refractivity contribution in [2.45, 2.75) is 58.9 Å². The summed E-state index contributed by atoms with van der Waals surface area (Å²) >= 11 is 0. The Hall–Kier alpha value is -0.570. The monoisotopic (exact) mass is 252 g/mol. The zero-order valence-electron chi connectivity index (χ0n) is 12.2. The normalized spacial score (nSPS) is 29.3. The van der Waals surface area contributed by atoms with Crippen LogP contribution in [0.15, 0.2) is 0 Å². The van der Waals surface area contributed by atoms with Crippen LogP contribution in [0.3, 0.4) is 0 Å². The van der Waals surface area contributed by atoms with Gasteiger partial charge in [0.25, 0.3) is 0 Å². The summed E-state index contributed by atoms with van der Waals surface area (Å²) in [6.45, 7) is 9.86. The minimum absolute atomic E-state index is 0.261. The van der Waals surface area contributed by atoms with Gasteiger partial charge in [-0.25, -0.2) is 0 Å². The molecular weight excluding hydrogens is 224 g/mol. The van der Waals surface area contributed by atoms with Crippen molar-refractivity contribution in [1.29, 1.82) is 0 Å². The molecule has 1 N–H and O–H groups in total. The number of amides is 1. The Morgan fingerprint density at radius 2 is 2.17 bits per heavy atom. The number of nitrogens with zero attached hydrogens (tertiary/aromatic N) is 1. The highest BCUT2D eigenvalue weighted by Gasteiger charge is 2.36. The largest absolute Gasteiger partial charge is 0.342 e. The van der Waals surface area contributed by atoms with E-state index in [4.69, 9.17) is 0 Å². The molecule has 3 heteroatoms. The molecule has 0 aromatic rings. The van der Waals surface area contributed by atoms with Crippen molar-refractivity contribution in [1.82, 2.24) is 10.2 Å². The number of carbonyl (C=O) groups is 1. The maximum Gasteiger partial charge on any atom is 0.222 e. The predicted molar refractivity (Wildman–Crippen MR) is 74.4 cm³/mol.